The number of aromatic amines is 1. The van der Waals surface area contributed by atoms with Crippen molar-refractivity contribution in [2.75, 3.05) is 40.4 Å². The number of guanidine groups is 1. The quantitative estimate of drug-likeness (QED) is 0.655. The Balaban J connectivity index is 1.55. The highest BCUT2D eigenvalue weighted by Gasteiger charge is 2.24. The first-order valence-corrected chi connectivity index (χ1v) is 8.72. The average molecular weight is 328 g/mol. The maximum Gasteiger partial charge on any atom is 0.193 e. The highest BCUT2D eigenvalue weighted by atomic mass is 16.5. The van der Waals surface area contributed by atoms with Crippen LogP contribution in [-0.2, 0) is 11.2 Å². The van der Waals surface area contributed by atoms with Crippen LogP contribution in [-0.4, -0.2) is 56.2 Å². The maximum absolute atomic E-state index is 5.28. The number of hydrogen-bond donors (Lipinski definition) is 2. The number of aromatic nitrogens is 1. The van der Waals surface area contributed by atoms with Gasteiger partial charge < -0.3 is 19.9 Å². The lowest BCUT2D eigenvalue weighted by molar-refractivity contribution is 0.157. The van der Waals surface area contributed by atoms with E-state index in [-0.39, 0.29) is 0 Å². The normalized spacial score (nSPS) is 18.5. The van der Waals surface area contributed by atoms with Gasteiger partial charge in [-0.25, -0.2) is 0 Å². The zero-order chi connectivity index (χ0) is 16.9. The Morgan fingerprint density at radius 2 is 2.33 bits per heavy atom. The molecule has 0 radical (unpaired) electrons. The molecular weight excluding hydrogens is 300 g/mol. The van der Waals surface area contributed by atoms with Crippen LogP contribution in [0.25, 0.3) is 10.9 Å². The lowest BCUT2D eigenvalue weighted by Crippen LogP contribution is -2.41. The molecule has 1 aromatic carbocycles. The van der Waals surface area contributed by atoms with Gasteiger partial charge in [-0.1, -0.05) is 12.1 Å². The zero-order valence-corrected chi connectivity index (χ0v) is 14.9. The van der Waals surface area contributed by atoms with Gasteiger partial charge >= 0.3 is 0 Å². The first kappa shape index (κ1) is 16.8. The largest absolute Gasteiger partial charge is 0.384 e. The molecule has 2 aromatic rings. The van der Waals surface area contributed by atoms with Crippen LogP contribution in [0.5, 0.6) is 0 Å². The fourth-order valence-corrected chi connectivity index (χ4v) is 3.55. The molecule has 130 valence electrons. The van der Waals surface area contributed by atoms with Crippen LogP contribution in [0.3, 0.4) is 0 Å². The van der Waals surface area contributed by atoms with Crippen LogP contribution in [0, 0.1) is 12.8 Å². The van der Waals surface area contributed by atoms with Gasteiger partial charge in [-0.2, -0.15) is 0 Å². The number of likely N-dealkylation sites (tertiary alicyclic amines) is 1. The molecule has 3 rings (SSSR count). The summed E-state index contributed by atoms with van der Waals surface area (Å²) in [5.41, 5.74) is 3.86. The number of aryl methyl sites for hydroxylation is 1. The minimum atomic E-state index is 0.616. The number of aliphatic imine (C=N–C) groups is 1. The van der Waals surface area contributed by atoms with Gasteiger partial charge in [0.15, 0.2) is 5.96 Å². The van der Waals surface area contributed by atoms with Crippen LogP contribution in [0.1, 0.15) is 17.5 Å². The molecule has 0 spiro atoms. The molecule has 1 saturated heterocycles. The van der Waals surface area contributed by atoms with Crippen molar-refractivity contribution in [1.82, 2.24) is 15.2 Å². The van der Waals surface area contributed by atoms with Crippen molar-refractivity contribution in [1.29, 1.82) is 0 Å². The maximum atomic E-state index is 5.28. The summed E-state index contributed by atoms with van der Waals surface area (Å²) >= 11 is 0. The molecule has 1 atom stereocenters. The molecule has 1 aromatic heterocycles. The first-order chi connectivity index (χ1) is 11.7. The fraction of sp³-hybridized carbons (Fsp3) is 0.526. The van der Waals surface area contributed by atoms with E-state index in [2.05, 4.69) is 51.5 Å². The molecule has 0 bridgehead atoms. The number of nitrogens with one attached hydrogen (secondary N) is 2. The molecule has 2 heterocycles. The molecule has 5 heteroatoms. The highest BCUT2D eigenvalue weighted by Crippen LogP contribution is 2.20. The van der Waals surface area contributed by atoms with Crippen LogP contribution in [0.2, 0.25) is 0 Å². The molecule has 1 unspecified atom stereocenters. The van der Waals surface area contributed by atoms with Gasteiger partial charge in [0, 0.05) is 56.8 Å². The average Bonchev–Trinajstić information content (AvgIpc) is 3.19. The number of nitrogens with zero attached hydrogens (tertiary/aromatic N) is 2. The monoisotopic (exact) mass is 328 g/mol. The van der Waals surface area contributed by atoms with Crippen molar-refractivity contribution in [2.24, 2.45) is 10.9 Å². The highest BCUT2D eigenvalue weighted by molar-refractivity contribution is 5.84. The Hall–Kier alpha value is -2.01. The smallest absolute Gasteiger partial charge is 0.193 e. The Morgan fingerprint density at radius 3 is 3.12 bits per heavy atom. The third-order valence-electron chi connectivity index (χ3n) is 4.80. The van der Waals surface area contributed by atoms with E-state index in [9.17, 15) is 0 Å². The number of rotatable bonds is 5. The lowest BCUT2D eigenvalue weighted by Gasteiger charge is -2.21. The van der Waals surface area contributed by atoms with Crippen molar-refractivity contribution in [2.45, 2.75) is 19.8 Å². The summed E-state index contributed by atoms with van der Waals surface area (Å²) in [6.07, 6.45) is 4.28. The predicted octanol–water partition coefficient (Wildman–Crippen LogP) is 2.56. The molecule has 0 aliphatic carbocycles. The second-order valence-corrected chi connectivity index (χ2v) is 6.64. The van der Waals surface area contributed by atoms with E-state index in [0.717, 1.165) is 38.6 Å². The van der Waals surface area contributed by atoms with Crippen molar-refractivity contribution in [3.63, 3.8) is 0 Å². The molecule has 2 N–H and O–H groups in total. The van der Waals surface area contributed by atoms with Crippen molar-refractivity contribution in [3.05, 3.63) is 35.5 Å². The third kappa shape index (κ3) is 3.73. The Morgan fingerprint density at radius 1 is 1.46 bits per heavy atom. The standard InChI is InChI=1S/C19H28N4O/c1-14-4-5-17-16(11-22-18(17)10-14)6-8-21-19(20-2)23-9-7-15(12-23)13-24-3/h4-5,10-11,15,22H,6-9,12-13H2,1-3H3,(H,20,21). The van der Waals surface area contributed by atoms with Gasteiger partial charge in [-0.3, -0.25) is 4.99 Å². The van der Waals surface area contributed by atoms with Crippen molar-refractivity contribution >= 4 is 16.9 Å². The summed E-state index contributed by atoms with van der Waals surface area (Å²) in [5.74, 6) is 1.62. The Bertz CT molecular complexity index is 706. The first-order valence-electron chi connectivity index (χ1n) is 8.72. The Labute approximate surface area is 144 Å². The number of benzene rings is 1. The predicted molar refractivity (Wildman–Crippen MR) is 99.7 cm³/mol. The molecule has 5 nitrogen and oxygen atoms in total. The molecule has 0 amide bonds. The van der Waals surface area contributed by atoms with Gasteiger partial charge in [0.25, 0.3) is 0 Å². The van der Waals surface area contributed by atoms with Gasteiger partial charge in [0.2, 0.25) is 0 Å². The SMILES string of the molecule is CN=C(NCCc1c[nH]c2cc(C)ccc12)N1CCC(COC)C1. The van der Waals surface area contributed by atoms with E-state index in [1.54, 1.807) is 7.11 Å². The summed E-state index contributed by atoms with van der Waals surface area (Å²) in [6, 6.07) is 6.58. The van der Waals surface area contributed by atoms with E-state index >= 15 is 0 Å². The molecule has 1 aliphatic rings. The minimum absolute atomic E-state index is 0.616. The summed E-state index contributed by atoms with van der Waals surface area (Å²) in [5, 5.41) is 4.83. The second-order valence-electron chi connectivity index (χ2n) is 6.64. The summed E-state index contributed by atoms with van der Waals surface area (Å²) in [6.45, 7) is 5.93. The van der Waals surface area contributed by atoms with E-state index < -0.39 is 0 Å². The summed E-state index contributed by atoms with van der Waals surface area (Å²) < 4.78 is 5.28. The molecule has 1 fully saturated rings. The van der Waals surface area contributed by atoms with E-state index in [1.165, 1.54) is 28.5 Å². The van der Waals surface area contributed by atoms with E-state index in [4.69, 9.17) is 4.74 Å². The van der Waals surface area contributed by atoms with Crippen molar-refractivity contribution in [3.8, 4) is 0 Å². The van der Waals surface area contributed by atoms with Gasteiger partial charge in [0.1, 0.15) is 0 Å². The molecule has 1 aliphatic heterocycles. The number of ether oxygens (including phenoxy) is 1. The Kier molecular flexibility index (Phi) is 5.41. The topological polar surface area (TPSA) is 52.7 Å². The lowest BCUT2D eigenvalue weighted by atomic mass is 10.1. The van der Waals surface area contributed by atoms with Gasteiger partial charge in [0.05, 0.1) is 6.61 Å². The zero-order valence-electron chi connectivity index (χ0n) is 14.9. The summed E-state index contributed by atoms with van der Waals surface area (Å²) in [7, 11) is 3.64. The number of methoxy groups -OCH3 is 1. The third-order valence-corrected chi connectivity index (χ3v) is 4.80. The molecular formula is C19H28N4O. The number of fused-ring (bicyclic) bond motifs is 1. The van der Waals surface area contributed by atoms with Gasteiger partial charge in [-0.15, -0.1) is 0 Å². The number of hydrogen-bond acceptors (Lipinski definition) is 2. The number of H-pyrrole nitrogens is 1. The van der Waals surface area contributed by atoms with Crippen LogP contribution in [0.4, 0.5) is 0 Å². The van der Waals surface area contributed by atoms with E-state index in [1.807, 2.05) is 7.05 Å². The van der Waals surface area contributed by atoms with Crippen molar-refractivity contribution < 1.29 is 4.74 Å². The van der Waals surface area contributed by atoms with Crippen LogP contribution >= 0.6 is 0 Å². The van der Waals surface area contributed by atoms with E-state index in [0.29, 0.717) is 5.92 Å². The summed E-state index contributed by atoms with van der Waals surface area (Å²) in [4.78, 5) is 10.1. The molecule has 24 heavy (non-hydrogen) atoms. The van der Waals surface area contributed by atoms with Crippen LogP contribution < -0.4 is 5.32 Å². The van der Waals surface area contributed by atoms with Gasteiger partial charge in [-0.05, 0) is 37.0 Å². The van der Waals surface area contributed by atoms with Crippen LogP contribution in [0.15, 0.2) is 29.4 Å². The minimum Gasteiger partial charge on any atom is -0.384 e. The second kappa shape index (κ2) is 7.71. The fourth-order valence-electron chi connectivity index (χ4n) is 3.55. The molecule has 0 saturated carbocycles.